The van der Waals surface area contributed by atoms with E-state index in [9.17, 15) is 19.2 Å². The van der Waals surface area contributed by atoms with E-state index in [1.165, 1.54) is 0 Å². The van der Waals surface area contributed by atoms with Gasteiger partial charge < -0.3 is 15.0 Å². The molecule has 37 heavy (non-hydrogen) atoms. The lowest BCUT2D eigenvalue weighted by molar-refractivity contribution is -0.136. The van der Waals surface area contributed by atoms with Crippen LogP contribution in [-0.2, 0) is 14.4 Å². The molecule has 1 N–H and O–H groups in total. The first kappa shape index (κ1) is 26.9. The number of piperidine rings is 1. The molecule has 0 aliphatic carbocycles. The van der Waals surface area contributed by atoms with Gasteiger partial charge in [-0.2, -0.15) is 0 Å². The number of anilines is 1. The molecule has 0 aromatic heterocycles. The third kappa shape index (κ3) is 6.81. The summed E-state index contributed by atoms with van der Waals surface area (Å²) in [6.45, 7) is 4.67. The van der Waals surface area contributed by atoms with Crippen LogP contribution in [0.3, 0.4) is 0 Å². The molecule has 0 unspecified atom stereocenters. The van der Waals surface area contributed by atoms with Crippen molar-refractivity contribution in [3.8, 4) is 5.75 Å². The maximum Gasteiger partial charge on any atom is 0.294 e. The molecule has 194 valence electrons. The number of nitrogens with one attached hydrogen (secondary N) is 1. The minimum atomic E-state index is -0.515. The first-order valence-electron chi connectivity index (χ1n) is 12.0. The summed E-state index contributed by atoms with van der Waals surface area (Å²) in [6, 6.07) is 11.0. The molecule has 0 saturated carbocycles. The number of hydrogen-bond donors (Lipinski definition) is 1. The molecule has 2 saturated heterocycles. The molecule has 2 aliphatic heterocycles. The molecule has 4 amide bonds. The number of amides is 4. The molecule has 0 bridgehead atoms. The van der Waals surface area contributed by atoms with Crippen LogP contribution in [0.5, 0.6) is 5.75 Å². The van der Waals surface area contributed by atoms with E-state index < -0.39 is 11.1 Å². The second kappa shape index (κ2) is 12.0. The van der Waals surface area contributed by atoms with Crippen molar-refractivity contribution in [3.05, 3.63) is 62.5 Å². The Morgan fingerprint density at radius 3 is 2.59 bits per heavy atom. The maximum atomic E-state index is 13.0. The lowest BCUT2D eigenvalue weighted by Gasteiger charge is -2.27. The summed E-state index contributed by atoms with van der Waals surface area (Å²) in [5.74, 6) is -0.668. The fourth-order valence-corrected chi connectivity index (χ4v) is 5.33. The number of ether oxygens (including phenoxy) is 1. The SMILES string of the molecule is Cc1ccc(C)c(NC(=O)COc2ccc(Br)cc2/C=C2\SC(=O)N(CC(=O)N3CCCCC3)C2=O)c1. The highest BCUT2D eigenvalue weighted by atomic mass is 79.9. The van der Waals surface area contributed by atoms with E-state index in [2.05, 4.69) is 21.2 Å². The second-order valence-electron chi connectivity index (χ2n) is 9.05. The van der Waals surface area contributed by atoms with Crippen molar-refractivity contribution in [2.24, 2.45) is 0 Å². The van der Waals surface area contributed by atoms with Gasteiger partial charge in [-0.25, -0.2) is 0 Å². The van der Waals surface area contributed by atoms with E-state index >= 15 is 0 Å². The van der Waals surface area contributed by atoms with Crippen LogP contribution in [0, 0.1) is 13.8 Å². The summed E-state index contributed by atoms with van der Waals surface area (Å²) in [7, 11) is 0. The number of carbonyl (C=O) groups excluding carboxylic acids is 4. The Hall–Kier alpha value is -3.11. The predicted octanol–water partition coefficient (Wildman–Crippen LogP) is 5.13. The van der Waals surface area contributed by atoms with Gasteiger partial charge in [-0.05, 0) is 86.3 Å². The van der Waals surface area contributed by atoms with Crippen molar-refractivity contribution in [2.45, 2.75) is 33.1 Å². The van der Waals surface area contributed by atoms with Crippen molar-refractivity contribution in [1.82, 2.24) is 9.80 Å². The highest BCUT2D eigenvalue weighted by molar-refractivity contribution is 9.10. The summed E-state index contributed by atoms with van der Waals surface area (Å²) in [4.78, 5) is 53.6. The number of nitrogens with zero attached hydrogens (tertiary/aromatic N) is 2. The number of thioether (sulfide) groups is 1. The number of carbonyl (C=O) groups is 4. The summed E-state index contributed by atoms with van der Waals surface area (Å²) in [5, 5.41) is 2.38. The van der Waals surface area contributed by atoms with Crippen LogP contribution >= 0.6 is 27.7 Å². The van der Waals surface area contributed by atoms with Gasteiger partial charge in [0.15, 0.2) is 6.61 Å². The standard InChI is InChI=1S/C27H28BrN3O5S/c1-17-6-7-18(2)21(12-17)29-24(32)16-36-22-9-8-20(28)13-19(22)14-23-26(34)31(27(35)37-23)15-25(33)30-10-4-3-5-11-30/h6-9,12-14H,3-5,10-11,15-16H2,1-2H3,(H,29,32)/b23-14-. The first-order valence-corrected chi connectivity index (χ1v) is 13.6. The fraction of sp³-hybridized carbons (Fsp3) is 0.333. The van der Waals surface area contributed by atoms with E-state index in [0.717, 1.165) is 57.2 Å². The van der Waals surface area contributed by atoms with E-state index in [1.807, 2.05) is 32.0 Å². The minimum absolute atomic E-state index is 0.194. The number of benzene rings is 2. The van der Waals surface area contributed by atoms with Gasteiger partial charge in [0.1, 0.15) is 12.3 Å². The number of halogens is 1. The lowest BCUT2D eigenvalue weighted by atomic mass is 10.1. The van der Waals surface area contributed by atoms with Crippen LogP contribution in [0.15, 0.2) is 45.8 Å². The van der Waals surface area contributed by atoms with Gasteiger partial charge in [-0.15, -0.1) is 0 Å². The van der Waals surface area contributed by atoms with Crippen LogP contribution in [0.4, 0.5) is 10.5 Å². The van der Waals surface area contributed by atoms with Crippen LogP contribution in [0.25, 0.3) is 6.08 Å². The number of rotatable bonds is 7. The molecule has 10 heteroatoms. The molecule has 2 aromatic carbocycles. The maximum absolute atomic E-state index is 13.0. The van der Waals surface area contributed by atoms with Crippen molar-refractivity contribution in [2.75, 3.05) is 31.6 Å². The number of likely N-dealkylation sites (tertiary alicyclic amines) is 1. The van der Waals surface area contributed by atoms with Gasteiger partial charge in [-0.1, -0.05) is 28.1 Å². The zero-order valence-electron chi connectivity index (χ0n) is 20.7. The highest BCUT2D eigenvalue weighted by Gasteiger charge is 2.37. The minimum Gasteiger partial charge on any atom is -0.483 e. The Morgan fingerprint density at radius 2 is 1.84 bits per heavy atom. The molecule has 0 radical (unpaired) electrons. The quantitative estimate of drug-likeness (QED) is 0.452. The molecular weight excluding hydrogens is 558 g/mol. The third-order valence-electron chi connectivity index (χ3n) is 6.16. The molecule has 4 rings (SSSR count). The number of hydrogen-bond acceptors (Lipinski definition) is 6. The monoisotopic (exact) mass is 585 g/mol. The van der Waals surface area contributed by atoms with E-state index in [4.69, 9.17) is 4.74 Å². The normalized spacial score (nSPS) is 16.9. The van der Waals surface area contributed by atoms with Crippen LogP contribution in [-0.4, -0.2) is 59.0 Å². The van der Waals surface area contributed by atoms with Crippen molar-refractivity contribution in [1.29, 1.82) is 0 Å². The van der Waals surface area contributed by atoms with E-state index in [0.29, 0.717) is 24.4 Å². The molecule has 2 heterocycles. The van der Waals surface area contributed by atoms with Crippen LogP contribution < -0.4 is 10.1 Å². The molecule has 0 atom stereocenters. The molecule has 2 fully saturated rings. The molecular formula is C27H28BrN3O5S. The Labute approximate surface area is 228 Å². The molecule has 2 aliphatic rings. The highest BCUT2D eigenvalue weighted by Crippen LogP contribution is 2.35. The van der Waals surface area contributed by atoms with Crippen molar-refractivity contribution >= 4 is 62.4 Å². The zero-order valence-corrected chi connectivity index (χ0v) is 23.1. The predicted molar refractivity (Wildman–Crippen MR) is 147 cm³/mol. The number of imide groups is 1. The largest absolute Gasteiger partial charge is 0.483 e. The lowest BCUT2D eigenvalue weighted by Crippen LogP contribution is -2.44. The Balaban J connectivity index is 1.44. The molecule has 8 nitrogen and oxygen atoms in total. The van der Waals surface area contributed by atoms with Crippen molar-refractivity contribution < 1.29 is 23.9 Å². The third-order valence-corrected chi connectivity index (χ3v) is 7.56. The van der Waals surface area contributed by atoms with Gasteiger partial charge in [-0.3, -0.25) is 24.1 Å². The smallest absolute Gasteiger partial charge is 0.294 e. The first-order chi connectivity index (χ1) is 17.7. The van der Waals surface area contributed by atoms with Crippen molar-refractivity contribution in [3.63, 3.8) is 0 Å². The van der Waals surface area contributed by atoms with Gasteiger partial charge in [0.2, 0.25) is 5.91 Å². The summed E-state index contributed by atoms with van der Waals surface area (Å²) >= 11 is 4.20. The second-order valence-corrected chi connectivity index (χ2v) is 11.0. The van der Waals surface area contributed by atoms with E-state index in [-0.39, 0.29) is 29.9 Å². The zero-order chi connectivity index (χ0) is 26.5. The Bertz CT molecular complexity index is 1270. The van der Waals surface area contributed by atoms with Gasteiger partial charge in [0.25, 0.3) is 17.1 Å². The summed E-state index contributed by atoms with van der Waals surface area (Å²) < 4.78 is 6.52. The molecule has 2 aromatic rings. The molecule has 0 spiro atoms. The van der Waals surface area contributed by atoms with Gasteiger partial charge in [0.05, 0.1) is 4.91 Å². The number of aryl methyl sites for hydroxylation is 2. The van der Waals surface area contributed by atoms with Crippen LogP contribution in [0.1, 0.15) is 36.0 Å². The fourth-order valence-electron chi connectivity index (χ4n) is 4.12. The van der Waals surface area contributed by atoms with Crippen LogP contribution in [0.2, 0.25) is 0 Å². The van der Waals surface area contributed by atoms with Gasteiger partial charge >= 0.3 is 0 Å². The van der Waals surface area contributed by atoms with E-state index in [1.54, 1.807) is 29.2 Å². The average molecular weight is 587 g/mol. The average Bonchev–Trinajstić information content (AvgIpc) is 3.13. The topological polar surface area (TPSA) is 96.0 Å². The van der Waals surface area contributed by atoms with Gasteiger partial charge in [0, 0.05) is 28.8 Å². The summed E-state index contributed by atoms with van der Waals surface area (Å²) in [5.41, 5.74) is 3.22. The Morgan fingerprint density at radius 1 is 1.08 bits per heavy atom. The Kier molecular flexibility index (Phi) is 8.71. The summed E-state index contributed by atoms with van der Waals surface area (Å²) in [6.07, 6.45) is 4.50.